The molecule has 2 atom stereocenters. The number of rotatable bonds is 14. The highest BCUT2D eigenvalue weighted by Gasteiger charge is 2.39. The number of hydrogen-bond donors (Lipinski definition) is 3. The predicted molar refractivity (Wildman–Crippen MR) is 151 cm³/mol. The van der Waals surface area contributed by atoms with E-state index in [-0.39, 0.29) is 25.0 Å². The molecule has 3 aromatic rings. The summed E-state index contributed by atoms with van der Waals surface area (Å²) < 4.78 is 10.2. The highest BCUT2D eigenvalue weighted by molar-refractivity contribution is 6.00. The predicted octanol–water partition coefficient (Wildman–Crippen LogP) is 2.25. The van der Waals surface area contributed by atoms with Crippen molar-refractivity contribution in [3.63, 3.8) is 0 Å². The van der Waals surface area contributed by atoms with E-state index in [0.717, 1.165) is 16.0 Å². The molecule has 1 aromatic heterocycles. The summed E-state index contributed by atoms with van der Waals surface area (Å²) in [7, 11) is 1.23. The number of carbonyl (C=O) groups excluding carboxylic acids is 4. The number of benzene rings is 2. The maximum atomic E-state index is 13.9. The SMILES string of the molecule is COC(=O)CCN(CC(=O)NCC(C)(C)c1ccccc1)C(=O)[C@@H](C(=O)OCc1ccccc1)C(N)c1cnc[nH]1. The number of aromatic nitrogens is 2. The number of nitrogens with two attached hydrogens (primary N) is 1. The molecule has 41 heavy (non-hydrogen) atoms. The summed E-state index contributed by atoms with van der Waals surface area (Å²) in [5, 5.41) is 2.87. The largest absolute Gasteiger partial charge is 0.469 e. The van der Waals surface area contributed by atoms with Crippen LogP contribution in [0.3, 0.4) is 0 Å². The fourth-order valence-corrected chi connectivity index (χ4v) is 4.18. The van der Waals surface area contributed by atoms with E-state index in [0.29, 0.717) is 12.2 Å². The van der Waals surface area contributed by atoms with Crippen molar-refractivity contribution in [1.29, 1.82) is 0 Å². The van der Waals surface area contributed by atoms with Gasteiger partial charge in [-0.25, -0.2) is 4.98 Å². The topological polar surface area (TPSA) is 157 Å². The summed E-state index contributed by atoms with van der Waals surface area (Å²) in [6, 6.07) is 17.6. The Labute approximate surface area is 239 Å². The lowest BCUT2D eigenvalue weighted by atomic mass is 9.84. The summed E-state index contributed by atoms with van der Waals surface area (Å²) in [4.78, 5) is 60.1. The molecule has 0 bridgehead atoms. The summed E-state index contributed by atoms with van der Waals surface area (Å²) in [6.45, 7) is 3.63. The monoisotopic (exact) mass is 563 g/mol. The number of carbonyl (C=O) groups is 4. The lowest BCUT2D eigenvalue weighted by molar-refractivity contribution is -0.159. The van der Waals surface area contributed by atoms with Crippen LogP contribution in [0.5, 0.6) is 0 Å². The van der Waals surface area contributed by atoms with Gasteiger partial charge in [0, 0.05) is 24.7 Å². The first-order valence-corrected chi connectivity index (χ1v) is 13.2. The first-order valence-electron chi connectivity index (χ1n) is 13.2. The molecule has 0 saturated heterocycles. The molecule has 2 amide bonds. The molecule has 1 unspecified atom stereocenters. The molecule has 4 N–H and O–H groups in total. The molecule has 218 valence electrons. The van der Waals surface area contributed by atoms with Gasteiger partial charge in [0.2, 0.25) is 11.8 Å². The van der Waals surface area contributed by atoms with Crippen LogP contribution in [0.25, 0.3) is 0 Å². The number of imidazole rings is 1. The van der Waals surface area contributed by atoms with Crippen molar-refractivity contribution in [3.05, 3.63) is 90.0 Å². The molecule has 0 fully saturated rings. The van der Waals surface area contributed by atoms with Crippen LogP contribution in [0.1, 0.15) is 43.1 Å². The number of aromatic amines is 1. The Balaban J connectivity index is 1.79. The Hall–Kier alpha value is -4.51. The Morgan fingerprint density at radius 2 is 1.71 bits per heavy atom. The van der Waals surface area contributed by atoms with Crippen LogP contribution in [-0.2, 0) is 40.7 Å². The van der Waals surface area contributed by atoms with E-state index >= 15 is 0 Å². The van der Waals surface area contributed by atoms with Gasteiger partial charge in [-0.3, -0.25) is 19.2 Å². The summed E-state index contributed by atoms with van der Waals surface area (Å²) in [6.07, 6.45) is 2.60. The third-order valence-corrected chi connectivity index (χ3v) is 6.72. The molecule has 0 radical (unpaired) electrons. The zero-order valence-electron chi connectivity index (χ0n) is 23.5. The van der Waals surface area contributed by atoms with Crippen LogP contribution in [-0.4, -0.2) is 65.4 Å². The number of esters is 2. The van der Waals surface area contributed by atoms with E-state index in [1.54, 1.807) is 24.3 Å². The Kier molecular flexibility index (Phi) is 11.2. The molecule has 0 aliphatic rings. The second kappa shape index (κ2) is 14.8. The van der Waals surface area contributed by atoms with Gasteiger partial charge in [-0.05, 0) is 11.1 Å². The van der Waals surface area contributed by atoms with Crippen LogP contribution >= 0.6 is 0 Å². The van der Waals surface area contributed by atoms with E-state index in [1.165, 1.54) is 19.6 Å². The number of amides is 2. The lowest BCUT2D eigenvalue weighted by Gasteiger charge is -2.29. The summed E-state index contributed by atoms with van der Waals surface area (Å²) in [5.74, 6) is -4.17. The van der Waals surface area contributed by atoms with Gasteiger partial charge in [0.15, 0.2) is 5.92 Å². The average molecular weight is 564 g/mol. The molecule has 3 rings (SSSR count). The van der Waals surface area contributed by atoms with E-state index in [2.05, 4.69) is 15.3 Å². The quantitative estimate of drug-likeness (QED) is 0.199. The minimum Gasteiger partial charge on any atom is -0.469 e. The standard InChI is InChI=1S/C30H37N5O6/c1-30(2,22-12-8-5-9-13-22)19-33-24(36)17-35(15-14-25(37)40-3)28(38)26(27(31)23-16-32-20-34-23)29(39)41-18-21-10-6-4-7-11-21/h4-13,16,20,26-27H,14-15,17-19,31H2,1-3H3,(H,32,34)(H,33,36)/t26-,27?/m0/s1. The van der Waals surface area contributed by atoms with E-state index < -0.39 is 42.3 Å². The maximum absolute atomic E-state index is 13.9. The minimum atomic E-state index is -1.51. The number of hydrogen-bond acceptors (Lipinski definition) is 8. The Bertz CT molecular complexity index is 1280. The fraction of sp³-hybridized carbons (Fsp3) is 0.367. The summed E-state index contributed by atoms with van der Waals surface area (Å²) >= 11 is 0. The Morgan fingerprint density at radius 3 is 2.32 bits per heavy atom. The molecule has 0 aliphatic carbocycles. The molecule has 0 spiro atoms. The molecule has 2 aromatic carbocycles. The molecular formula is C30H37N5O6. The molecule has 0 saturated carbocycles. The molecule has 11 heteroatoms. The number of methoxy groups -OCH3 is 1. The van der Waals surface area contributed by atoms with E-state index in [9.17, 15) is 19.2 Å². The number of ether oxygens (including phenoxy) is 2. The van der Waals surface area contributed by atoms with Crippen molar-refractivity contribution >= 4 is 23.8 Å². The van der Waals surface area contributed by atoms with Gasteiger partial charge in [0.05, 0.1) is 38.1 Å². The minimum absolute atomic E-state index is 0.0731. The molecule has 11 nitrogen and oxygen atoms in total. The van der Waals surface area contributed by atoms with Crippen LogP contribution in [0, 0.1) is 5.92 Å². The molecule has 1 heterocycles. The van der Waals surface area contributed by atoms with Gasteiger partial charge in [0.25, 0.3) is 0 Å². The average Bonchev–Trinajstić information content (AvgIpc) is 3.53. The zero-order valence-corrected chi connectivity index (χ0v) is 23.5. The van der Waals surface area contributed by atoms with Crippen molar-refractivity contribution in [3.8, 4) is 0 Å². The van der Waals surface area contributed by atoms with Gasteiger partial charge in [-0.2, -0.15) is 0 Å². The fourth-order valence-electron chi connectivity index (χ4n) is 4.18. The Morgan fingerprint density at radius 1 is 1.05 bits per heavy atom. The first-order chi connectivity index (χ1) is 19.6. The van der Waals surface area contributed by atoms with E-state index in [4.69, 9.17) is 15.2 Å². The summed E-state index contributed by atoms with van der Waals surface area (Å²) in [5.41, 5.74) is 8.08. The normalized spacial score (nSPS) is 12.6. The third kappa shape index (κ3) is 9.00. The molecule has 0 aliphatic heterocycles. The maximum Gasteiger partial charge on any atom is 0.320 e. The van der Waals surface area contributed by atoms with Crippen LogP contribution in [0.15, 0.2) is 73.2 Å². The van der Waals surface area contributed by atoms with Crippen molar-refractivity contribution in [2.45, 2.75) is 38.3 Å². The highest BCUT2D eigenvalue weighted by Crippen LogP contribution is 2.24. The van der Waals surface area contributed by atoms with E-state index in [1.807, 2.05) is 50.2 Å². The molecular weight excluding hydrogens is 526 g/mol. The smallest absolute Gasteiger partial charge is 0.320 e. The van der Waals surface area contributed by atoms with Crippen molar-refractivity contribution in [2.75, 3.05) is 26.7 Å². The lowest BCUT2D eigenvalue weighted by Crippen LogP contribution is -2.50. The second-order valence-electron chi connectivity index (χ2n) is 10.2. The first kappa shape index (κ1) is 31.0. The van der Waals surface area contributed by atoms with Gasteiger partial charge in [-0.1, -0.05) is 74.5 Å². The van der Waals surface area contributed by atoms with Gasteiger partial charge in [-0.15, -0.1) is 0 Å². The van der Waals surface area contributed by atoms with Gasteiger partial charge in [0.1, 0.15) is 6.61 Å². The van der Waals surface area contributed by atoms with Crippen molar-refractivity contribution in [2.24, 2.45) is 11.7 Å². The van der Waals surface area contributed by atoms with Gasteiger partial charge < -0.3 is 30.4 Å². The zero-order chi connectivity index (χ0) is 29.8. The van der Waals surface area contributed by atoms with Crippen LogP contribution in [0.4, 0.5) is 0 Å². The van der Waals surface area contributed by atoms with Crippen LogP contribution < -0.4 is 11.1 Å². The van der Waals surface area contributed by atoms with Gasteiger partial charge >= 0.3 is 11.9 Å². The van der Waals surface area contributed by atoms with Crippen LogP contribution in [0.2, 0.25) is 0 Å². The third-order valence-electron chi connectivity index (χ3n) is 6.72. The van der Waals surface area contributed by atoms with Crippen molar-refractivity contribution < 1.29 is 28.7 Å². The highest BCUT2D eigenvalue weighted by atomic mass is 16.5. The second-order valence-corrected chi connectivity index (χ2v) is 10.2. The number of H-pyrrole nitrogens is 1. The van der Waals surface area contributed by atoms with Crippen molar-refractivity contribution in [1.82, 2.24) is 20.2 Å². The number of nitrogens with zero attached hydrogens (tertiary/aromatic N) is 2. The number of nitrogens with one attached hydrogen (secondary N) is 2.